The van der Waals surface area contributed by atoms with Crippen molar-refractivity contribution in [3.8, 4) is 0 Å². The first-order valence-corrected chi connectivity index (χ1v) is 5.85. The number of benzene rings is 1. The van der Waals surface area contributed by atoms with Crippen molar-refractivity contribution in [2.75, 3.05) is 19.5 Å². The Hall–Kier alpha value is -1.26. The standard InChI is InChI=1S/C11H10ClNO2S/c1-13-9-7-5-6(12)3-4-8(7)16-10(9)11(14)15-2/h3-5,13H,1-2H3. The number of carbonyl (C=O) groups is 1. The molecule has 1 aromatic heterocycles. The molecule has 0 atom stereocenters. The fraction of sp³-hybridized carbons (Fsp3) is 0.182. The van der Waals surface area contributed by atoms with Gasteiger partial charge in [-0.2, -0.15) is 0 Å². The van der Waals surface area contributed by atoms with Gasteiger partial charge in [0.15, 0.2) is 0 Å². The number of thiophene rings is 1. The number of halogens is 1. The van der Waals surface area contributed by atoms with Crippen LogP contribution in [0.4, 0.5) is 5.69 Å². The van der Waals surface area contributed by atoms with Crippen LogP contribution >= 0.6 is 22.9 Å². The van der Waals surface area contributed by atoms with Crippen molar-refractivity contribution in [3.63, 3.8) is 0 Å². The maximum atomic E-state index is 11.6. The summed E-state index contributed by atoms with van der Waals surface area (Å²) in [5.41, 5.74) is 0.773. The predicted molar refractivity (Wildman–Crippen MR) is 67.7 cm³/mol. The van der Waals surface area contributed by atoms with Crippen molar-refractivity contribution in [3.05, 3.63) is 28.1 Å². The van der Waals surface area contributed by atoms with Crippen molar-refractivity contribution < 1.29 is 9.53 Å². The molecule has 1 aromatic carbocycles. The van der Waals surface area contributed by atoms with Crippen LogP contribution < -0.4 is 5.32 Å². The Morgan fingerprint density at radius 1 is 1.50 bits per heavy atom. The van der Waals surface area contributed by atoms with E-state index in [-0.39, 0.29) is 5.97 Å². The number of fused-ring (bicyclic) bond motifs is 1. The Morgan fingerprint density at radius 2 is 2.25 bits per heavy atom. The number of methoxy groups -OCH3 is 1. The highest BCUT2D eigenvalue weighted by atomic mass is 35.5. The SMILES string of the molecule is CNc1c(C(=O)OC)sc2ccc(Cl)cc12. The van der Waals surface area contributed by atoms with E-state index in [1.54, 1.807) is 13.1 Å². The minimum Gasteiger partial charge on any atom is -0.465 e. The Morgan fingerprint density at radius 3 is 2.88 bits per heavy atom. The summed E-state index contributed by atoms with van der Waals surface area (Å²) in [6, 6.07) is 5.54. The maximum absolute atomic E-state index is 11.6. The molecule has 1 N–H and O–H groups in total. The van der Waals surface area contributed by atoms with Crippen molar-refractivity contribution in [2.24, 2.45) is 0 Å². The molecular weight excluding hydrogens is 246 g/mol. The van der Waals surface area contributed by atoms with Crippen LogP contribution in [0.3, 0.4) is 0 Å². The summed E-state index contributed by atoms with van der Waals surface area (Å²) < 4.78 is 5.75. The Bertz CT molecular complexity index is 550. The van der Waals surface area contributed by atoms with Crippen molar-refractivity contribution >= 4 is 44.7 Å². The lowest BCUT2D eigenvalue weighted by Gasteiger charge is -2.01. The number of hydrogen-bond acceptors (Lipinski definition) is 4. The van der Waals surface area contributed by atoms with E-state index in [4.69, 9.17) is 16.3 Å². The molecule has 0 aliphatic heterocycles. The zero-order chi connectivity index (χ0) is 11.7. The maximum Gasteiger partial charge on any atom is 0.350 e. The second kappa shape index (κ2) is 4.31. The molecule has 0 spiro atoms. The highest BCUT2D eigenvalue weighted by Gasteiger charge is 2.18. The van der Waals surface area contributed by atoms with Gasteiger partial charge >= 0.3 is 5.97 Å². The Balaban J connectivity index is 2.71. The summed E-state index contributed by atoms with van der Waals surface area (Å²) in [6.07, 6.45) is 0. The van der Waals surface area contributed by atoms with E-state index in [0.717, 1.165) is 15.8 Å². The van der Waals surface area contributed by atoms with Gasteiger partial charge in [-0.15, -0.1) is 11.3 Å². The number of rotatable bonds is 2. The molecule has 0 radical (unpaired) electrons. The van der Waals surface area contributed by atoms with Crippen LogP contribution in [0.15, 0.2) is 18.2 Å². The molecule has 0 unspecified atom stereocenters. The fourth-order valence-corrected chi connectivity index (χ4v) is 2.83. The normalized spacial score (nSPS) is 10.4. The molecule has 0 saturated carbocycles. The molecule has 5 heteroatoms. The van der Waals surface area contributed by atoms with Gasteiger partial charge in [-0.25, -0.2) is 4.79 Å². The summed E-state index contributed by atoms with van der Waals surface area (Å²) in [5.74, 6) is -0.332. The summed E-state index contributed by atoms with van der Waals surface area (Å²) in [4.78, 5) is 12.1. The third-order valence-corrected chi connectivity index (χ3v) is 3.66. The lowest BCUT2D eigenvalue weighted by molar-refractivity contribution is 0.0607. The van der Waals surface area contributed by atoms with Crippen LogP contribution in [0.5, 0.6) is 0 Å². The van der Waals surface area contributed by atoms with Gasteiger partial charge in [0.05, 0.1) is 12.8 Å². The first-order valence-electron chi connectivity index (χ1n) is 4.65. The van der Waals surface area contributed by atoms with E-state index in [9.17, 15) is 4.79 Å². The van der Waals surface area contributed by atoms with Crippen LogP contribution in [-0.4, -0.2) is 20.1 Å². The van der Waals surface area contributed by atoms with Crippen LogP contribution in [0.2, 0.25) is 5.02 Å². The van der Waals surface area contributed by atoms with Gasteiger partial charge < -0.3 is 10.1 Å². The smallest absolute Gasteiger partial charge is 0.350 e. The first kappa shape index (κ1) is 11.2. The molecular formula is C11H10ClNO2S. The first-order chi connectivity index (χ1) is 7.67. The molecule has 0 fully saturated rings. The number of carbonyl (C=O) groups excluding carboxylic acids is 1. The number of esters is 1. The Labute approximate surface area is 102 Å². The van der Waals surface area contributed by atoms with Crippen molar-refractivity contribution in [2.45, 2.75) is 0 Å². The molecule has 0 aliphatic rings. The van der Waals surface area contributed by atoms with E-state index in [1.165, 1.54) is 18.4 Å². The molecule has 0 saturated heterocycles. The van der Waals surface area contributed by atoms with E-state index in [2.05, 4.69) is 5.32 Å². The van der Waals surface area contributed by atoms with E-state index in [0.29, 0.717) is 9.90 Å². The number of ether oxygens (including phenoxy) is 1. The quantitative estimate of drug-likeness (QED) is 0.836. The molecule has 16 heavy (non-hydrogen) atoms. The number of hydrogen-bond donors (Lipinski definition) is 1. The minimum atomic E-state index is -0.332. The van der Waals surface area contributed by atoms with E-state index >= 15 is 0 Å². The average Bonchev–Trinajstić information content (AvgIpc) is 2.65. The summed E-state index contributed by atoms with van der Waals surface area (Å²) in [5, 5.41) is 4.61. The molecule has 1 heterocycles. The van der Waals surface area contributed by atoms with E-state index < -0.39 is 0 Å². The summed E-state index contributed by atoms with van der Waals surface area (Å²) >= 11 is 7.33. The average molecular weight is 256 g/mol. The molecule has 2 aromatic rings. The molecule has 2 rings (SSSR count). The van der Waals surface area contributed by atoms with Gasteiger partial charge in [0.2, 0.25) is 0 Å². The van der Waals surface area contributed by atoms with Gasteiger partial charge in [0.1, 0.15) is 4.88 Å². The third-order valence-electron chi connectivity index (χ3n) is 2.27. The zero-order valence-corrected chi connectivity index (χ0v) is 10.4. The molecule has 0 aliphatic carbocycles. The van der Waals surface area contributed by atoms with Gasteiger partial charge in [-0.05, 0) is 18.2 Å². The van der Waals surface area contributed by atoms with E-state index in [1.807, 2.05) is 12.1 Å². The van der Waals surface area contributed by atoms with Gasteiger partial charge in [0.25, 0.3) is 0 Å². The lowest BCUT2D eigenvalue weighted by atomic mass is 10.2. The van der Waals surface area contributed by atoms with Crippen molar-refractivity contribution in [1.29, 1.82) is 0 Å². The van der Waals surface area contributed by atoms with Crippen LogP contribution in [0, 0.1) is 0 Å². The van der Waals surface area contributed by atoms with Crippen LogP contribution in [0.25, 0.3) is 10.1 Å². The third kappa shape index (κ3) is 1.74. The Kier molecular flexibility index (Phi) is 3.03. The zero-order valence-electron chi connectivity index (χ0n) is 8.83. The molecule has 3 nitrogen and oxygen atoms in total. The topological polar surface area (TPSA) is 38.3 Å². The lowest BCUT2D eigenvalue weighted by Crippen LogP contribution is -2.01. The fourth-order valence-electron chi connectivity index (χ4n) is 1.55. The van der Waals surface area contributed by atoms with Gasteiger partial charge in [-0.3, -0.25) is 0 Å². The highest BCUT2D eigenvalue weighted by molar-refractivity contribution is 7.21. The second-order valence-corrected chi connectivity index (χ2v) is 4.68. The molecule has 0 amide bonds. The molecule has 84 valence electrons. The van der Waals surface area contributed by atoms with Gasteiger partial charge in [-0.1, -0.05) is 11.6 Å². The number of nitrogens with one attached hydrogen (secondary N) is 1. The number of anilines is 1. The predicted octanol–water partition coefficient (Wildman–Crippen LogP) is 3.38. The molecule has 0 bridgehead atoms. The second-order valence-electron chi connectivity index (χ2n) is 3.19. The van der Waals surface area contributed by atoms with Crippen LogP contribution in [-0.2, 0) is 4.74 Å². The monoisotopic (exact) mass is 255 g/mol. The highest BCUT2D eigenvalue weighted by Crippen LogP contribution is 2.37. The van der Waals surface area contributed by atoms with Gasteiger partial charge in [0, 0.05) is 22.2 Å². The minimum absolute atomic E-state index is 0.332. The summed E-state index contributed by atoms with van der Waals surface area (Å²) in [6.45, 7) is 0. The van der Waals surface area contributed by atoms with Crippen molar-refractivity contribution in [1.82, 2.24) is 0 Å². The van der Waals surface area contributed by atoms with Crippen LogP contribution in [0.1, 0.15) is 9.67 Å². The largest absolute Gasteiger partial charge is 0.465 e. The summed E-state index contributed by atoms with van der Waals surface area (Å²) in [7, 11) is 3.15.